The molecule has 1 amide bonds. The lowest BCUT2D eigenvalue weighted by molar-refractivity contribution is -0.127. The maximum Gasteiger partial charge on any atom is 0.292 e. The van der Waals surface area contributed by atoms with E-state index in [1.165, 1.54) is 11.3 Å². The Bertz CT molecular complexity index is 1100. The zero-order valence-electron chi connectivity index (χ0n) is 15.5. The van der Waals surface area contributed by atoms with Gasteiger partial charge in [0.2, 0.25) is 6.10 Å². The lowest BCUT2D eigenvalue weighted by atomic mass is 10.2. The van der Waals surface area contributed by atoms with Gasteiger partial charge in [0.1, 0.15) is 12.4 Å². The van der Waals surface area contributed by atoms with Gasteiger partial charge in [0, 0.05) is 6.54 Å². The molecule has 0 aliphatic carbocycles. The van der Waals surface area contributed by atoms with Gasteiger partial charge in [-0.3, -0.25) is 4.79 Å². The summed E-state index contributed by atoms with van der Waals surface area (Å²) >= 11 is 1.43. The molecule has 2 heterocycles. The molecule has 0 saturated carbocycles. The van der Waals surface area contributed by atoms with Crippen LogP contribution in [0.5, 0.6) is 17.2 Å². The van der Waals surface area contributed by atoms with Gasteiger partial charge in [-0.1, -0.05) is 29.5 Å². The number of aromatic nitrogens is 1. The van der Waals surface area contributed by atoms with E-state index < -0.39 is 6.10 Å². The minimum atomic E-state index is -0.767. The third-order valence-electron chi connectivity index (χ3n) is 4.27. The van der Waals surface area contributed by atoms with Gasteiger partial charge < -0.3 is 18.8 Å². The third-order valence-corrected chi connectivity index (χ3v) is 5.31. The molecule has 1 unspecified atom stereocenters. The molecule has 1 aliphatic rings. The molecule has 28 heavy (non-hydrogen) atoms. The highest BCUT2D eigenvalue weighted by atomic mass is 32.1. The number of para-hydroxylation sites is 2. The van der Waals surface area contributed by atoms with Crippen molar-refractivity contribution in [1.82, 2.24) is 4.57 Å². The highest BCUT2D eigenvalue weighted by Gasteiger charge is 2.27. The summed E-state index contributed by atoms with van der Waals surface area (Å²) in [5.41, 5.74) is 0.978. The second-order valence-corrected chi connectivity index (χ2v) is 7.17. The van der Waals surface area contributed by atoms with Crippen molar-refractivity contribution in [1.29, 1.82) is 0 Å². The molecule has 0 N–H and O–H groups in total. The van der Waals surface area contributed by atoms with E-state index in [-0.39, 0.29) is 12.5 Å². The summed E-state index contributed by atoms with van der Waals surface area (Å²) in [7, 11) is 0. The van der Waals surface area contributed by atoms with E-state index in [2.05, 4.69) is 11.6 Å². The Balaban J connectivity index is 1.69. The molecule has 2 aromatic carbocycles. The third kappa shape index (κ3) is 3.53. The Morgan fingerprint density at radius 2 is 2.18 bits per heavy atom. The van der Waals surface area contributed by atoms with Crippen molar-refractivity contribution in [3.05, 3.63) is 59.9 Å². The molecule has 7 heteroatoms. The number of thiazole rings is 1. The van der Waals surface area contributed by atoms with Crippen molar-refractivity contribution in [2.24, 2.45) is 4.99 Å². The Labute approximate surface area is 166 Å². The van der Waals surface area contributed by atoms with Gasteiger partial charge in [0.15, 0.2) is 16.3 Å². The molecule has 0 spiro atoms. The number of amides is 1. The fourth-order valence-electron chi connectivity index (χ4n) is 3.01. The first-order valence-electron chi connectivity index (χ1n) is 9.03. The molecule has 1 atom stereocenters. The molecule has 0 fully saturated rings. The van der Waals surface area contributed by atoms with E-state index in [1.807, 2.05) is 47.9 Å². The zero-order chi connectivity index (χ0) is 19.5. The number of carbonyl (C=O) groups excluding carboxylic acids is 1. The second-order valence-electron chi connectivity index (χ2n) is 6.16. The number of allylic oxidation sites excluding steroid dienone is 1. The van der Waals surface area contributed by atoms with Crippen LogP contribution < -0.4 is 19.0 Å². The minimum Gasteiger partial charge on any atom is -0.494 e. The first-order valence-corrected chi connectivity index (χ1v) is 9.85. The summed E-state index contributed by atoms with van der Waals surface area (Å²) in [5.74, 6) is 1.61. The standard InChI is InChI=1S/C21H20N2O4S/c1-3-11-23-15-10-9-14(25-4-2)12-19(15)28-21(23)22-20(24)18-13-26-16-7-5-6-8-17(16)27-18/h3,5-10,12,18H,1,4,11,13H2,2H3. The lowest BCUT2D eigenvalue weighted by Gasteiger charge is -2.23. The molecule has 0 bridgehead atoms. The molecule has 3 aromatic rings. The largest absolute Gasteiger partial charge is 0.494 e. The van der Waals surface area contributed by atoms with Crippen LogP contribution in [0.1, 0.15) is 6.92 Å². The van der Waals surface area contributed by atoms with E-state index in [9.17, 15) is 4.79 Å². The highest BCUT2D eigenvalue weighted by Crippen LogP contribution is 2.31. The number of fused-ring (bicyclic) bond motifs is 2. The van der Waals surface area contributed by atoms with E-state index in [0.717, 1.165) is 16.0 Å². The topological polar surface area (TPSA) is 62.1 Å². The second kappa shape index (κ2) is 7.90. The van der Waals surface area contributed by atoms with E-state index in [4.69, 9.17) is 14.2 Å². The van der Waals surface area contributed by atoms with Crippen LogP contribution in [0.15, 0.2) is 60.1 Å². The number of benzene rings is 2. The van der Waals surface area contributed by atoms with Crippen LogP contribution in [-0.2, 0) is 11.3 Å². The molecule has 1 aromatic heterocycles. The Morgan fingerprint density at radius 3 is 2.96 bits per heavy atom. The Hall–Kier alpha value is -3.06. The van der Waals surface area contributed by atoms with Gasteiger partial charge in [-0.15, -0.1) is 6.58 Å². The highest BCUT2D eigenvalue weighted by molar-refractivity contribution is 7.16. The zero-order valence-corrected chi connectivity index (χ0v) is 16.3. The molecule has 0 saturated heterocycles. The van der Waals surface area contributed by atoms with Crippen LogP contribution in [0.25, 0.3) is 10.2 Å². The quantitative estimate of drug-likeness (QED) is 0.619. The summed E-state index contributed by atoms with van der Waals surface area (Å²) in [4.78, 5) is 17.7. The average Bonchev–Trinajstić information content (AvgIpc) is 3.04. The molecule has 1 aliphatic heterocycles. The van der Waals surface area contributed by atoms with Crippen molar-refractivity contribution >= 4 is 27.5 Å². The molecule has 0 radical (unpaired) electrons. The number of nitrogens with zero attached hydrogens (tertiary/aromatic N) is 2. The summed E-state index contributed by atoms with van der Waals surface area (Å²) in [6.07, 6.45) is 1.01. The monoisotopic (exact) mass is 396 g/mol. The predicted molar refractivity (Wildman–Crippen MR) is 108 cm³/mol. The Kier molecular flexibility index (Phi) is 5.16. The lowest BCUT2D eigenvalue weighted by Crippen LogP contribution is -2.36. The average molecular weight is 396 g/mol. The summed E-state index contributed by atoms with van der Waals surface area (Å²) in [6.45, 7) is 7.04. The summed E-state index contributed by atoms with van der Waals surface area (Å²) < 4.78 is 19.9. The van der Waals surface area contributed by atoms with E-state index >= 15 is 0 Å². The van der Waals surface area contributed by atoms with Crippen LogP contribution >= 0.6 is 11.3 Å². The Morgan fingerprint density at radius 1 is 1.36 bits per heavy atom. The SMILES string of the molecule is C=CCn1c(=NC(=O)C2COc3ccccc3O2)sc2cc(OCC)ccc21. The summed E-state index contributed by atoms with van der Waals surface area (Å²) in [5, 5.41) is 0. The molecular weight excluding hydrogens is 376 g/mol. The number of rotatable bonds is 5. The smallest absolute Gasteiger partial charge is 0.292 e. The maximum absolute atomic E-state index is 12.8. The van der Waals surface area contributed by atoms with Crippen molar-refractivity contribution in [3.8, 4) is 17.2 Å². The fraction of sp³-hybridized carbons (Fsp3) is 0.238. The molecular formula is C21H20N2O4S. The van der Waals surface area contributed by atoms with Crippen LogP contribution in [0, 0.1) is 0 Å². The normalized spacial score (nSPS) is 16.2. The van der Waals surface area contributed by atoms with E-state index in [1.54, 1.807) is 12.1 Å². The number of hydrogen-bond acceptors (Lipinski definition) is 5. The fourth-order valence-corrected chi connectivity index (χ4v) is 4.08. The van der Waals surface area contributed by atoms with Crippen molar-refractivity contribution in [2.75, 3.05) is 13.2 Å². The van der Waals surface area contributed by atoms with Gasteiger partial charge in [-0.05, 0) is 37.3 Å². The van der Waals surface area contributed by atoms with Crippen LogP contribution in [0.3, 0.4) is 0 Å². The van der Waals surface area contributed by atoms with Crippen molar-refractivity contribution in [3.63, 3.8) is 0 Å². The van der Waals surface area contributed by atoms with Crippen molar-refractivity contribution < 1.29 is 19.0 Å². The molecule has 144 valence electrons. The minimum absolute atomic E-state index is 0.139. The number of carbonyl (C=O) groups is 1. The number of hydrogen-bond donors (Lipinski definition) is 0. The van der Waals surface area contributed by atoms with Gasteiger partial charge in [-0.2, -0.15) is 4.99 Å². The van der Waals surface area contributed by atoms with Crippen LogP contribution in [0.2, 0.25) is 0 Å². The van der Waals surface area contributed by atoms with Gasteiger partial charge in [0.05, 0.1) is 16.8 Å². The van der Waals surface area contributed by atoms with E-state index in [0.29, 0.717) is 29.5 Å². The first-order chi connectivity index (χ1) is 13.7. The van der Waals surface area contributed by atoms with Crippen LogP contribution in [-0.4, -0.2) is 29.8 Å². The van der Waals surface area contributed by atoms with Gasteiger partial charge in [-0.25, -0.2) is 0 Å². The summed E-state index contributed by atoms with van der Waals surface area (Å²) in [6, 6.07) is 13.1. The van der Waals surface area contributed by atoms with Crippen LogP contribution in [0.4, 0.5) is 0 Å². The number of ether oxygens (including phenoxy) is 3. The van der Waals surface area contributed by atoms with Gasteiger partial charge >= 0.3 is 0 Å². The first kappa shape index (κ1) is 18.3. The maximum atomic E-state index is 12.8. The molecule has 4 rings (SSSR count). The van der Waals surface area contributed by atoms with Gasteiger partial charge in [0.25, 0.3) is 5.91 Å². The van der Waals surface area contributed by atoms with Crippen molar-refractivity contribution in [2.45, 2.75) is 19.6 Å². The predicted octanol–water partition coefficient (Wildman–Crippen LogP) is 3.55. The molecule has 6 nitrogen and oxygen atoms in total.